The van der Waals surface area contributed by atoms with Crippen molar-refractivity contribution in [3.05, 3.63) is 54.4 Å². The van der Waals surface area contributed by atoms with Crippen LogP contribution in [0.1, 0.15) is 44.6 Å². The fourth-order valence-electron chi connectivity index (χ4n) is 3.27. The predicted octanol–water partition coefficient (Wildman–Crippen LogP) is 4.44. The Morgan fingerprint density at radius 1 is 1.03 bits per heavy atom. The Morgan fingerprint density at radius 2 is 1.86 bits per heavy atom. The molecule has 2 aromatic rings. The highest BCUT2D eigenvalue weighted by molar-refractivity contribution is 5.26. The molecule has 2 heterocycles. The molecule has 1 N–H and O–H groups in total. The molecule has 5 nitrogen and oxygen atoms in total. The lowest BCUT2D eigenvalue weighted by atomic mass is 9.88. The van der Waals surface area contributed by atoms with Crippen LogP contribution in [-0.4, -0.2) is 44.0 Å². The van der Waals surface area contributed by atoms with Crippen molar-refractivity contribution in [3.8, 4) is 11.5 Å². The normalized spacial score (nSPS) is 17.9. The van der Waals surface area contributed by atoms with Gasteiger partial charge in [-0.25, -0.2) is 0 Å². The van der Waals surface area contributed by atoms with Gasteiger partial charge >= 0.3 is 0 Å². The molecular formula is C24H34N2O3. The third-order valence-electron chi connectivity index (χ3n) is 5.65. The zero-order valence-electron chi connectivity index (χ0n) is 17.7. The summed E-state index contributed by atoms with van der Waals surface area (Å²) in [7, 11) is 0. The van der Waals surface area contributed by atoms with Gasteiger partial charge in [0.15, 0.2) is 0 Å². The standard InChI is InChI=1S/C24H34N2O3/c1-19(10-14-27-12-6-13-28-23-7-4-3-5-8-23)20(2)21-15-24(17-25-16-21)29-18-22-9-11-26-22/h3-5,7-8,15-17,19-20,22,26H,6,9-14,18H2,1-2H3/t19-,20+,22+/m1/s1. The van der Waals surface area contributed by atoms with E-state index >= 15 is 0 Å². The van der Waals surface area contributed by atoms with Crippen molar-refractivity contribution in [1.29, 1.82) is 0 Å². The van der Waals surface area contributed by atoms with Gasteiger partial charge in [-0.2, -0.15) is 0 Å². The number of rotatable bonds is 13. The summed E-state index contributed by atoms with van der Waals surface area (Å²) in [5, 5.41) is 3.35. The van der Waals surface area contributed by atoms with E-state index in [4.69, 9.17) is 14.2 Å². The molecule has 0 bridgehead atoms. The van der Waals surface area contributed by atoms with Crippen LogP contribution >= 0.6 is 0 Å². The molecule has 0 saturated carbocycles. The van der Waals surface area contributed by atoms with Crippen LogP contribution in [0.15, 0.2) is 48.8 Å². The summed E-state index contributed by atoms with van der Waals surface area (Å²) >= 11 is 0. The van der Waals surface area contributed by atoms with Gasteiger partial charge in [-0.3, -0.25) is 4.98 Å². The van der Waals surface area contributed by atoms with E-state index in [2.05, 4.69) is 30.2 Å². The molecule has 1 aromatic heterocycles. The van der Waals surface area contributed by atoms with Crippen LogP contribution in [0.4, 0.5) is 0 Å². The number of hydrogen-bond donors (Lipinski definition) is 1. The van der Waals surface area contributed by atoms with Crippen molar-refractivity contribution in [2.75, 3.05) is 33.0 Å². The fourth-order valence-corrected chi connectivity index (χ4v) is 3.27. The van der Waals surface area contributed by atoms with Crippen LogP contribution in [0.3, 0.4) is 0 Å². The van der Waals surface area contributed by atoms with Crippen LogP contribution in [-0.2, 0) is 4.74 Å². The van der Waals surface area contributed by atoms with Crippen LogP contribution in [0.5, 0.6) is 11.5 Å². The molecule has 1 fully saturated rings. The molecule has 0 amide bonds. The third kappa shape index (κ3) is 7.33. The Balaban J connectivity index is 1.30. The number of nitrogens with one attached hydrogen (secondary N) is 1. The lowest BCUT2D eigenvalue weighted by Crippen LogP contribution is -2.46. The van der Waals surface area contributed by atoms with E-state index < -0.39 is 0 Å². The summed E-state index contributed by atoms with van der Waals surface area (Å²) in [5.74, 6) is 2.71. The Labute approximate surface area is 174 Å². The maximum Gasteiger partial charge on any atom is 0.137 e. The van der Waals surface area contributed by atoms with Gasteiger partial charge in [0.05, 0.1) is 12.8 Å². The van der Waals surface area contributed by atoms with Crippen molar-refractivity contribution < 1.29 is 14.2 Å². The Hall–Kier alpha value is -2.11. The second-order valence-corrected chi connectivity index (χ2v) is 7.89. The Bertz CT molecular complexity index is 706. The number of para-hydroxylation sites is 1. The SMILES string of the molecule is C[C@H](CCOCCCOc1ccccc1)[C@H](C)c1cncc(OC[C@@H]2CCN2)c1. The first kappa shape index (κ1) is 21.6. The molecule has 0 spiro atoms. The quantitative estimate of drug-likeness (QED) is 0.506. The summed E-state index contributed by atoms with van der Waals surface area (Å²) in [6, 6.07) is 12.5. The molecule has 0 aliphatic carbocycles. The topological polar surface area (TPSA) is 52.6 Å². The van der Waals surface area contributed by atoms with Gasteiger partial charge in [-0.15, -0.1) is 0 Å². The maximum absolute atomic E-state index is 5.89. The summed E-state index contributed by atoms with van der Waals surface area (Å²) in [6.45, 7) is 8.54. The van der Waals surface area contributed by atoms with Gasteiger partial charge < -0.3 is 19.5 Å². The Morgan fingerprint density at radius 3 is 2.62 bits per heavy atom. The highest BCUT2D eigenvalue weighted by atomic mass is 16.5. The molecule has 1 aliphatic heterocycles. The van der Waals surface area contributed by atoms with Crippen LogP contribution in [0.25, 0.3) is 0 Å². The minimum Gasteiger partial charge on any atom is -0.494 e. The largest absolute Gasteiger partial charge is 0.494 e. The monoisotopic (exact) mass is 398 g/mol. The highest BCUT2D eigenvalue weighted by Crippen LogP contribution is 2.28. The summed E-state index contributed by atoms with van der Waals surface area (Å²) in [5.41, 5.74) is 1.23. The molecule has 158 valence electrons. The number of nitrogens with zero attached hydrogens (tertiary/aromatic N) is 1. The van der Waals surface area contributed by atoms with Crippen molar-refractivity contribution in [2.45, 2.75) is 45.1 Å². The molecule has 0 radical (unpaired) electrons. The third-order valence-corrected chi connectivity index (χ3v) is 5.65. The number of pyridine rings is 1. The van der Waals surface area contributed by atoms with Gasteiger partial charge in [0.25, 0.3) is 0 Å². The van der Waals surface area contributed by atoms with E-state index in [1.807, 2.05) is 36.5 Å². The molecule has 1 saturated heterocycles. The second kappa shape index (κ2) is 11.8. The summed E-state index contributed by atoms with van der Waals surface area (Å²) in [6.07, 6.45) is 6.88. The first-order valence-corrected chi connectivity index (χ1v) is 10.8. The molecule has 5 heteroatoms. The molecule has 29 heavy (non-hydrogen) atoms. The number of ether oxygens (including phenoxy) is 3. The first-order valence-electron chi connectivity index (χ1n) is 10.8. The minimum atomic E-state index is 0.415. The minimum absolute atomic E-state index is 0.415. The molecule has 1 aromatic carbocycles. The van der Waals surface area contributed by atoms with Crippen molar-refractivity contribution in [2.24, 2.45) is 5.92 Å². The molecule has 1 aliphatic rings. The number of hydrogen-bond acceptors (Lipinski definition) is 5. The molecular weight excluding hydrogens is 364 g/mol. The van der Waals surface area contributed by atoms with E-state index in [1.165, 1.54) is 12.0 Å². The van der Waals surface area contributed by atoms with Crippen LogP contribution < -0.4 is 14.8 Å². The summed E-state index contributed by atoms with van der Waals surface area (Å²) in [4.78, 5) is 4.37. The lowest BCUT2D eigenvalue weighted by Gasteiger charge is -2.27. The zero-order chi connectivity index (χ0) is 20.3. The Kier molecular flexibility index (Phi) is 8.78. The maximum atomic E-state index is 5.89. The number of benzene rings is 1. The van der Waals surface area contributed by atoms with Crippen molar-refractivity contribution in [3.63, 3.8) is 0 Å². The van der Waals surface area contributed by atoms with Crippen LogP contribution in [0.2, 0.25) is 0 Å². The predicted molar refractivity (Wildman–Crippen MR) is 116 cm³/mol. The van der Waals surface area contributed by atoms with E-state index in [0.29, 0.717) is 24.5 Å². The zero-order valence-corrected chi connectivity index (χ0v) is 17.7. The van der Waals surface area contributed by atoms with E-state index in [1.54, 1.807) is 6.20 Å². The van der Waals surface area contributed by atoms with Crippen LogP contribution in [0, 0.1) is 5.92 Å². The molecule has 0 unspecified atom stereocenters. The summed E-state index contributed by atoms with van der Waals surface area (Å²) < 4.78 is 17.4. The smallest absolute Gasteiger partial charge is 0.137 e. The number of aromatic nitrogens is 1. The van der Waals surface area contributed by atoms with Crippen molar-refractivity contribution in [1.82, 2.24) is 10.3 Å². The highest BCUT2D eigenvalue weighted by Gasteiger charge is 2.18. The average Bonchev–Trinajstić information content (AvgIpc) is 2.72. The molecule has 3 rings (SSSR count). The van der Waals surface area contributed by atoms with Gasteiger partial charge in [-0.1, -0.05) is 32.0 Å². The lowest BCUT2D eigenvalue weighted by molar-refractivity contribution is 0.106. The van der Waals surface area contributed by atoms with Crippen molar-refractivity contribution >= 4 is 0 Å². The van der Waals surface area contributed by atoms with E-state index in [-0.39, 0.29) is 0 Å². The van der Waals surface area contributed by atoms with E-state index in [0.717, 1.165) is 50.7 Å². The molecule has 3 atom stereocenters. The fraction of sp³-hybridized carbons (Fsp3) is 0.542. The van der Waals surface area contributed by atoms with Gasteiger partial charge in [0.1, 0.15) is 18.1 Å². The second-order valence-electron chi connectivity index (χ2n) is 7.89. The average molecular weight is 399 g/mol. The van der Waals surface area contributed by atoms with Gasteiger partial charge in [0.2, 0.25) is 0 Å². The van der Waals surface area contributed by atoms with Gasteiger partial charge in [0, 0.05) is 31.9 Å². The first-order chi connectivity index (χ1) is 14.2. The van der Waals surface area contributed by atoms with Gasteiger partial charge in [-0.05, 0) is 55.0 Å². The van der Waals surface area contributed by atoms with E-state index in [9.17, 15) is 0 Å².